The van der Waals surface area contributed by atoms with Crippen molar-refractivity contribution < 1.29 is 24.2 Å². The summed E-state index contributed by atoms with van der Waals surface area (Å²) in [6, 6.07) is 6.34. The molecule has 3 saturated heterocycles. The van der Waals surface area contributed by atoms with Crippen LogP contribution in [0.15, 0.2) is 49.6 Å². The van der Waals surface area contributed by atoms with Crippen molar-refractivity contribution in [2.45, 2.75) is 54.6 Å². The topological polar surface area (TPSA) is 87.2 Å². The summed E-state index contributed by atoms with van der Waals surface area (Å²) in [7, 11) is 0. The second-order valence-electron chi connectivity index (χ2n) is 9.81. The maximum atomic E-state index is 14.3. The molecule has 2 amide bonds. The van der Waals surface area contributed by atoms with Crippen molar-refractivity contribution in [3.05, 3.63) is 54.6 Å². The van der Waals surface area contributed by atoms with E-state index in [1.54, 1.807) is 45.8 Å². The number of carbonyl (C=O) groups is 3. The third-order valence-electron chi connectivity index (χ3n) is 7.63. The number of amides is 2. The van der Waals surface area contributed by atoms with Crippen LogP contribution in [0.25, 0.3) is 0 Å². The third-order valence-corrected chi connectivity index (χ3v) is 9.90. The molecule has 7 nitrogen and oxygen atoms in total. The van der Waals surface area contributed by atoms with Gasteiger partial charge in [0.05, 0.1) is 33.9 Å². The number of unbranched alkanes of at least 4 members (excludes halogenated alkanes) is 2. The van der Waals surface area contributed by atoms with Gasteiger partial charge in [-0.3, -0.25) is 14.4 Å². The maximum Gasteiger partial charge on any atom is 0.310 e. The molecule has 3 heterocycles. The summed E-state index contributed by atoms with van der Waals surface area (Å²) >= 11 is 8.07. The predicted molar refractivity (Wildman–Crippen MR) is 147 cm³/mol. The molecule has 3 fully saturated rings. The number of para-hydroxylation sites is 1. The molecule has 2 unspecified atom stereocenters. The van der Waals surface area contributed by atoms with E-state index in [0.717, 1.165) is 25.7 Å². The van der Waals surface area contributed by atoms with Gasteiger partial charge in [-0.15, -0.1) is 24.9 Å². The smallest absolute Gasteiger partial charge is 0.310 e. The molecular formula is C28H35ClN2O5S. The van der Waals surface area contributed by atoms with Gasteiger partial charge in [-0.25, -0.2) is 0 Å². The number of nitrogens with zero attached hydrogens (tertiary/aromatic N) is 2. The fourth-order valence-electron chi connectivity index (χ4n) is 6.10. The highest BCUT2D eigenvalue weighted by Gasteiger charge is 2.74. The Labute approximate surface area is 227 Å². The Bertz CT molecular complexity index is 1050. The molecule has 0 radical (unpaired) electrons. The zero-order valence-corrected chi connectivity index (χ0v) is 22.6. The number of thioether (sulfide) groups is 1. The highest BCUT2D eigenvalue weighted by molar-refractivity contribution is 8.02. The number of esters is 1. The Morgan fingerprint density at radius 2 is 2.03 bits per heavy atom. The quantitative estimate of drug-likeness (QED) is 0.226. The van der Waals surface area contributed by atoms with Gasteiger partial charge in [0.15, 0.2) is 0 Å². The van der Waals surface area contributed by atoms with E-state index in [1.807, 2.05) is 12.1 Å². The molecule has 3 aliphatic heterocycles. The van der Waals surface area contributed by atoms with Crippen molar-refractivity contribution in [2.75, 3.05) is 31.2 Å². The molecule has 0 aromatic heterocycles. The number of aliphatic hydroxyl groups excluding tert-OH is 1. The first-order valence-electron chi connectivity index (χ1n) is 12.9. The van der Waals surface area contributed by atoms with Gasteiger partial charge < -0.3 is 19.6 Å². The van der Waals surface area contributed by atoms with Crippen molar-refractivity contribution in [1.82, 2.24) is 4.90 Å². The Balaban J connectivity index is 1.65. The fraction of sp³-hybridized carbons (Fsp3) is 0.536. The molecule has 200 valence electrons. The van der Waals surface area contributed by atoms with Crippen LogP contribution in [-0.4, -0.2) is 70.1 Å². The van der Waals surface area contributed by atoms with Gasteiger partial charge in [-0.05, 0) is 50.7 Å². The molecule has 1 N–H and O–H groups in total. The SMILES string of the molecule is C=CCCCCOC(=O)[C@@H]1[C@@H]2CCC3(S2)C(C(=O)N(CC=C)c2ccccc2Cl)N(CCCO)C(=O)[C@H]13. The standard InChI is InChI=1S/C28H35ClN2O5S/c1-3-5-6-9-18-36-27(35)22-21-13-14-28(37-21)23(22)25(33)31(16-10-17-32)24(28)26(34)30(15-4-2)20-12-8-7-11-19(20)29/h3-4,7-8,11-12,21-24,32H,1-2,5-6,9-10,13-18H2/t21-,22+,23-,24?,28?/m0/s1. The largest absolute Gasteiger partial charge is 0.465 e. The molecule has 9 heteroatoms. The van der Waals surface area contributed by atoms with Gasteiger partial charge in [0.25, 0.3) is 5.91 Å². The summed E-state index contributed by atoms with van der Waals surface area (Å²) in [5.41, 5.74) is 0.552. The van der Waals surface area contributed by atoms with Crippen LogP contribution in [0, 0.1) is 11.8 Å². The van der Waals surface area contributed by atoms with E-state index >= 15 is 0 Å². The molecule has 2 bridgehead atoms. The average Bonchev–Trinajstić information content (AvgIpc) is 3.53. The van der Waals surface area contributed by atoms with Gasteiger partial charge >= 0.3 is 5.97 Å². The lowest BCUT2D eigenvalue weighted by Crippen LogP contribution is -2.55. The van der Waals surface area contributed by atoms with Gasteiger partial charge in [-0.1, -0.05) is 35.9 Å². The van der Waals surface area contributed by atoms with Crippen LogP contribution < -0.4 is 4.90 Å². The molecule has 3 aliphatic rings. The summed E-state index contributed by atoms with van der Waals surface area (Å²) < 4.78 is 4.92. The zero-order valence-electron chi connectivity index (χ0n) is 21.0. The minimum absolute atomic E-state index is 0.0573. The number of fused-ring (bicyclic) bond motifs is 1. The molecule has 5 atom stereocenters. The zero-order chi connectivity index (χ0) is 26.6. The fourth-order valence-corrected chi connectivity index (χ4v) is 8.53. The van der Waals surface area contributed by atoms with Crippen LogP contribution in [-0.2, 0) is 19.1 Å². The molecular weight excluding hydrogens is 512 g/mol. The first-order valence-corrected chi connectivity index (χ1v) is 14.2. The van der Waals surface area contributed by atoms with Crippen molar-refractivity contribution in [3.63, 3.8) is 0 Å². The first-order chi connectivity index (χ1) is 17.9. The van der Waals surface area contributed by atoms with Crippen LogP contribution >= 0.6 is 23.4 Å². The Morgan fingerprint density at radius 1 is 1.24 bits per heavy atom. The molecule has 0 saturated carbocycles. The number of carbonyl (C=O) groups excluding carboxylic acids is 3. The number of hydrogen-bond donors (Lipinski definition) is 1. The second kappa shape index (κ2) is 12.0. The number of likely N-dealkylation sites (tertiary alicyclic amines) is 1. The number of hydrogen-bond acceptors (Lipinski definition) is 6. The van der Waals surface area contributed by atoms with Crippen LogP contribution in [0.1, 0.15) is 38.5 Å². The lowest BCUT2D eigenvalue weighted by atomic mass is 9.71. The van der Waals surface area contributed by atoms with Crippen LogP contribution in [0.5, 0.6) is 0 Å². The Kier molecular flexibility index (Phi) is 9.03. The number of aliphatic hydroxyl groups is 1. The first kappa shape index (κ1) is 27.7. The van der Waals surface area contributed by atoms with E-state index in [9.17, 15) is 19.5 Å². The number of benzene rings is 1. The summed E-state index contributed by atoms with van der Waals surface area (Å²) in [6.07, 6.45) is 7.72. The predicted octanol–water partition coefficient (Wildman–Crippen LogP) is 4.23. The summed E-state index contributed by atoms with van der Waals surface area (Å²) in [4.78, 5) is 44.6. The Morgan fingerprint density at radius 3 is 2.73 bits per heavy atom. The van der Waals surface area contributed by atoms with Crippen LogP contribution in [0.2, 0.25) is 5.02 Å². The lowest BCUT2D eigenvalue weighted by molar-refractivity contribution is -0.154. The molecule has 1 aromatic carbocycles. The van der Waals surface area contributed by atoms with Gasteiger partial charge in [0.2, 0.25) is 5.91 Å². The number of rotatable bonds is 13. The minimum atomic E-state index is -0.770. The van der Waals surface area contributed by atoms with E-state index in [2.05, 4.69) is 13.2 Å². The minimum Gasteiger partial charge on any atom is -0.465 e. The number of anilines is 1. The van der Waals surface area contributed by atoms with E-state index in [4.69, 9.17) is 16.3 Å². The van der Waals surface area contributed by atoms with Crippen LogP contribution in [0.4, 0.5) is 5.69 Å². The Hall–Kier alpha value is -2.29. The van der Waals surface area contributed by atoms with Crippen molar-refractivity contribution in [1.29, 1.82) is 0 Å². The van der Waals surface area contributed by atoms with Crippen molar-refractivity contribution >= 4 is 46.8 Å². The molecule has 4 rings (SSSR count). The van der Waals surface area contributed by atoms with Gasteiger partial charge in [-0.2, -0.15) is 0 Å². The highest BCUT2D eigenvalue weighted by Crippen LogP contribution is 2.66. The molecule has 0 aliphatic carbocycles. The third kappa shape index (κ3) is 5.08. The summed E-state index contributed by atoms with van der Waals surface area (Å²) in [6.45, 7) is 8.21. The molecule has 1 spiro atoms. The summed E-state index contributed by atoms with van der Waals surface area (Å²) in [5, 5.41) is 9.90. The average molecular weight is 547 g/mol. The van der Waals surface area contributed by atoms with Gasteiger partial charge in [0.1, 0.15) is 6.04 Å². The van der Waals surface area contributed by atoms with Crippen LogP contribution in [0.3, 0.4) is 0 Å². The summed E-state index contributed by atoms with van der Waals surface area (Å²) in [5.74, 6) is -1.99. The molecule has 37 heavy (non-hydrogen) atoms. The van der Waals surface area contributed by atoms with Crippen molar-refractivity contribution in [2.24, 2.45) is 11.8 Å². The normalized spacial score (nSPS) is 27.7. The monoisotopic (exact) mass is 546 g/mol. The molecule has 1 aromatic rings. The van der Waals surface area contributed by atoms with Crippen molar-refractivity contribution in [3.8, 4) is 0 Å². The highest BCUT2D eigenvalue weighted by atomic mass is 35.5. The van der Waals surface area contributed by atoms with Gasteiger partial charge in [0, 0.05) is 24.9 Å². The second-order valence-corrected chi connectivity index (χ2v) is 11.8. The van der Waals surface area contributed by atoms with E-state index in [1.165, 1.54) is 0 Å². The van der Waals surface area contributed by atoms with E-state index in [0.29, 0.717) is 30.2 Å². The maximum absolute atomic E-state index is 14.3. The van der Waals surface area contributed by atoms with E-state index in [-0.39, 0.29) is 42.7 Å². The number of ether oxygens (including phenoxy) is 1. The number of halogens is 1. The van der Waals surface area contributed by atoms with E-state index < -0.39 is 22.6 Å². The lowest BCUT2D eigenvalue weighted by Gasteiger charge is -2.37. The number of allylic oxidation sites excluding steroid dienone is 1.